The molecule has 4 nitrogen and oxygen atoms in total. The van der Waals surface area contributed by atoms with E-state index in [0.717, 1.165) is 12.8 Å². The molecule has 1 aromatic rings. The van der Waals surface area contributed by atoms with Gasteiger partial charge in [-0.15, -0.1) is 0 Å². The number of phenols is 1. The summed E-state index contributed by atoms with van der Waals surface area (Å²) in [6, 6.07) is 6.23. The van der Waals surface area contributed by atoms with E-state index < -0.39 is 0 Å². The van der Waals surface area contributed by atoms with Crippen LogP contribution in [0.15, 0.2) is 24.3 Å². The molecule has 0 unspecified atom stereocenters. The van der Waals surface area contributed by atoms with Gasteiger partial charge in [-0.05, 0) is 31.0 Å². The Hall–Kier alpha value is -1.55. The van der Waals surface area contributed by atoms with Gasteiger partial charge in [-0.2, -0.15) is 0 Å². The van der Waals surface area contributed by atoms with Crippen LogP contribution < -0.4 is 0 Å². The molecule has 0 saturated carbocycles. The molecule has 86 valence electrons. The van der Waals surface area contributed by atoms with Crippen LogP contribution in [0.2, 0.25) is 0 Å². The van der Waals surface area contributed by atoms with Gasteiger partial charge in [0.25, 0.3) is 5.91 Å². The van der Waals surface area contributed by atoms with E-state index in [2.05, 4.69) is 0 Å². The molecule has 1 saturated heterocycles. The molecule has 4 heteroatoms. The van der Waals surface area contributed by atoms with E-state index in [1.54, 1.807) is 17.0 Å². The highest BCUT2D eigenvalue weighted by Gasteiger charge is 2.28. The van der Waals surface area contributed by atoms with Crippen molar-refractivity contribution < 1.29 is 15.0 Å². The van der Waals surface area contributed by atoms with Crippen LogP contribution in [0, 0.1) is 0 Å². The van der Waals surface area contributed by atoms with Gasteiger partial charge in [-0.25, -0.2) is 0 Å². The van der Waals surface area contributed by atoms with Gasteiger partial charge in [-0.3, -0.25) is 4.79 Å². The van der Waals surface area contributed by atoms with Gasteiger partial charge in [0.2, 0.25) is 0 Å². The van der Waals surface area contributed by atoms with Crippen LogP contribution in [0.5, 0.6) is 5.75 Å². The highest BCUT2D eigenvalue weighted by atomic mass is 16.3. The van der Waals surface area contributed by atoms with Crippen LogP contribution in [0.4, 0.5) is 0 Å². The third-order valence-corrected chi connectivity index (χ3v) is 2.94. The zero-order valence-electron chi connectivity index (χ0n) is 8.97. The Balaban J connectivity index is 2.18. The van der Waals surface area contributed by atoms with Gasteiger partial charge in [0.15, 0.2) is 0 Å². The van der Waals surface area contributed by atoms with Gasteiger partial charge in [-0.1, -0.05) is 6.07 Å². The summed E-state index contributed by atoms with van der Waals surface area (Å²) in [5.74, 6) is -0.0296. The summed E-state index contributed by atoms with van der Waals surface area (Å²) in [4.78, 5) is 13.7. The van der Waals surface area contributed by atoms with E-state index >= 15 is 0 Å². The Kier molecular flexibility index (Phi) is 3.10. The normalized spacial score (nSPS) is 20.1. The second-order valence-corrected chi connectivity index (χ2v) is 4.03. The Morgan fingerprint density at radius 2 is 2.31 bits per heavy atom. The highest BCUT2D eigenvalue weighted by molar-refractivity contribution is 5.95. The SMILES string of the molecule is O=C(c1cccc(O)c1)N1CCC[C@H]1CO. The molecule has 1 amide bonds. The first-order chi connectivity index (χ1) is 7.72. The molecule has 2 rings (SSSR count). The zero-order chi connectivity index (χ0) is 11.5. The number of phenolic OH excluding ortho intramolecular Hbond substituents is 1. The fourth-order valence-corrected chi connectivity index (χ4v) is 2.10. The van der Waals surface area contributed by atoms with Crippen molar-refractivity contribution in [1.82, 2.24) is 4.90 Å². The molecule has 0 aromatic heterocycles. The minimum atomic E-state index is -0.118. The first-order valence-corrected chi connectivity index (χ1v) is 5.43. The third kappa shape index (κ3) is 2.02. The molecule has 0 aliphatic carbocycles. The fraction of sp³-hybridized carbons (Fsp3) is 0.417. The molecule has 1 heterocycles. The zero-order valence-corrected chi connectivity index (χ0v) is 8.97. The predicted octanol–water partition coefficient (Wildman–Crippen LogP) is 0.989. The van der Waals surface area contributed by atoms with Crippen molar-refractivity contribution >= 4 is 5.91 Å². The minimum absolute atomic E-state index is 0.00452. The number of carbonyl (C=O) groups excluding carboxylic acids is 1. The Bertz CT molecular complexity index is 392. The van der Waals surface area contributed by atoms with Gasteiger partial charge < -0.3 is 15.1 Å². The van der Waals surface area contributed by atoms with E-state index in [9.17, 15) is 9.90 Å². The lowest BCUT2D eigenvalue weighted by Gasteiger charge is -2.23. The average molecular weight is 221 g/mol. The van der Waals surface area contributed by atoms with Crippen molar-refractivity contribution in [3.8, 4) is 5.75 Å². The van der Waals surface area contributed by atoms with E-state index in [4.69, 9.17) is 5.11 Å². The second kappa shape index (κ2) is 4.53. The molecule has 1 aliphatic rings. The first-order valence-electron chi connectivity index (χ1n) is 5.43. The van der Waals surface area contributed by atoms with Crippen LogP contribution in [0.25, 0.3) is 0 Å². The van der Waals surface area contributed by atoms with Crippen molar-refractivity contribution in [2.24, 2.45) is 0 Å². The molecule has 1 atom stereocenters. The van der Waals surface area contributed by atoms with E-state index in [1.165, 1.54) is 12.1 Å². The lowest BCUT2D eigenvalue weighted by molar-refractivity contribution is 0.0677. The summed E-state index contributed by atoms with van der Waals surface area (Å²) in [6.07, 6.45) is 1.77. The quantitative estimate of drug-likeness (QED) is 0.783. The summed E-state index contributed by atoms with van der Waals surface area (Å²) in [5, 5.41) is 18.5. The maximum Gasteiger partial charge on any atom is 0.254 e. The lowest BCUT2D eigenvalue weighted by atomic mass is 10.1. The maximum atomic E-state index is 12.1. The molecule has 16 heavy (non-hydrogen) atoms. The standard InChI is InChI=1S/C12H15NO3/c14-8-10-4-2-6-13(10)12(16)9-3-1-5-11(15)7-9/h1,3,5,7,10,14-15H,2,4,6,8H2/t10-/m0/s1. The van der Waals surface area contributed by atoms with Gasteiger partial charge in [0.1, 0.15) is 5.75 Å². The minimum Gasteiger partial charge on any atom is -0.508 e. The summed E-state index contributed by atoms with van der Waals surface area (Å²) < 4.78 is 0. The number of benzene rings is 1. The summed E-state index contributed by atoms with van der Waals surface area (Å²) in [6.45, 7) is 0.685. The number of aliphatic hydroxyl groups is 1. The average Bonchev–Trinajstić information content (AvgIpc) is 2.76. The van der Waals surface area contributed by atoms with Crippen LogP contribution in [-0.4, -0.2) is 40.2 Å². The summed E-state index contributed by atoms with van der Waals surface area (Å²) >= 11 is 0. The highest BCUT2D eigenvalue weighted by Crippen LogP contribution is 2.21. The number of hydrogen-bond donors (Lipinski definition) is 2. The molecular formula is C12H15NO3. The van der Waals surface area contributed by atoms with Crippen LogP contribution in [0.3, 0.4) is 0 Å². The number of hydrogen-bond acceptors (Lipinski definition) is 3. The van der Waals surface area contributed by atoms with Crippen LogP contribution in [-0.2, 0) is 0 Å². The maximum absolute atomic E-state index is 12.1. The monoisotopic (exact) mass is 221 g/mol. The molecular weight excluding hydrogens is 206 g/mol. The fourth-order valence-electron chi connectivity index (χ4n) is 2.10. The number of likely N-dealkylation sites (tertiary alicyclic amines) is 1. The van der Waals surface area contributed by atoms with E-state index in [-0.39, 0.29) is 24.3 Å². The predicted molar refractivity (Wildman–Crippen MR) is 59.3 cm³/mol. The smallest absolute Gasteiger partial charge is 0.254 e. The first kappa shape index (κ1) is 11.0. The van der Waals surface area contributed by atoms with Crippen molar-refractivity contribution in [3.05, 3.63) is 29.8 Å². The molecule has 1 aliphatic heterocycles. The summed E-state index contributed by atoms with van der Waals surface area (Å²) in [5.41, 5.74) is 0.473. The number of aromatic hydroxyl groups is 1. The topological polar surface area (TPSA) is 60.8 Å². The second-order valence-electron chi connectivity index (χ2n) is 4.03. The van der Waals surface area contributed by atoms with Crippen molar-refractivity contribution in [3.63, 3.8) is 0 Å². The molecule has 0 radical (unpaired) electrons. The Labute approximate surface area is 94.1 Å². The van der Waals surface area contributed by atoms with Gasteiger partial charge in [0.05, 0.1) is 12.6 Å². The van der Waals surface area contributed by atoms with Gasteiger partial charge >= 0.3 is 0 Å². The molecule has 2 N–H and O–H groups in total. The molecule has 0 bridgehead atoms. The van der Waals surface area contributed by atoms with E-state index in [1.807, 2.05) is 0 Å². The number of rotatable bonds is 2. The Morgan fingerprint density at radius 3 is 3.00 bits per heavy atom. The Morgan fingerprint density at radius 1 is 1.50 bits per heavy atom. The van der Waals surface area contributed by atoms with Crippen molar-refractivity contribution in [1.29, 1.82) is 0 Å². The molecule has 1 aromatic carbocycles. The molecule has 0 spiro atoms. The van der Waals surface area contributed by atoms with Crippen molar-refractivity contribution in [2.45, 2.75) is 18.9 Å². The van der Waals surface area contributed by atoms with E-state index in [0.29, 0.717) is 12.1 Å². The number of amides is 1. The van der Waals surface area contributed by atoms with Crippen LogP contribution in [0.1, 0.15) is 23.2 Å². The van der Waals surface area contributed by atoms with Gasteiger partial charge in [0, 0.05) is 12.1 Å². The number of nitrogens with zero attached hydrogens (tertiary/aromatic N) is 1. The largest absolute Gasteiger partial charge is 0.508 e. The third-order valence-electron chi connectivity index (χ3n) is 2.94. The lowest BCUT2D eigenvalue weighted by Crippen LogP contribution is -2.37. The molecule has 1 fully saturated rings. The van der Waals surface area contributed by atoms with Crippen molar-refractivity contribution in [2.75, 3.05) is 13.2 Å². The number of aliphatic hydroxyl groups excluding tert-OH is 1. The van der Waals surface area contributed by atoms with Crippen LogP contribution >= 0.6 is 0 Å². The summed E-state index contributed by atoms with van der Waals surface area (Å²) in [7, 11) is 0. The number of carbonyl (C=O) groups is 1.